The van der Waals surface area contributed by atoms with Crippen molar-refractivity contribution < 1.29 is 9.21 Å². The molecule has 1 fully saturated rings. The number of aryl methyl sites for hydroxylation is 2. The van der Waals surface area contributed by atoms with Gasteiger partial charge in [0.15, 0.2) is 11.2 Å². The molecule has 0 unspecified atom stereocenters. The standard InChI is InChI=1S/C17H15N3O3S/c1-8-5-11-12(21)7-14(23-13(11)6-9(8)2)15(22)18-17-20-19-16(24-17)10-3-4-10/h5-7,10H,3-4H2,1-2H3,(H,18,20,22). The number of hydrogen-bond acceptors (Lipinski definition) is 6. The van der Waals surface area contributed by atoms with Crippen molar-refractivity contribution in [2.45, 2.75) is 32.6 Å². The molecular weight excluding hydrogens is 326 g/mol. The van der Waals surface area contributed by atoms with Crippen LogP contribution in [0, 0.1) is 13.8 Å². The number of fused-ring (bicyclic) bond motifs is 1. The summed E-state index contributed by atoms with van der Waals surface area (Å²) in [6, 6.07) is 4.78. The minimum atomic E-state index is -0.495. The van der Waals surface area contributed by atoms with E-state index in [0.717, 1.165) is 29.0 Å². The number of benzene rings is 1. The number of carbonyl (C=O) groups is 1. The summed E-state index contributed by atoms with van der Waals surface area (Å²) in [5.41, 5.74) is 2.18. The van der Waals surface area contributed by atoms with Gasteiger partial charge in [-0.25, -0.2) is 0 Å². The molecule has 1 aliphatic rings. The lowest BCUT2D eigenvalue weighted by Gasteiger charge is -2.05. The Hall–Kier alpha value is -2.54. The van der Waals surface area contributed by atoms with Crippen LogP contribution in [0.5, 0.6) is 0 Å². The first-order valence-corrected chi connectivity index (χ1v) is 8.53. The van der Waals surface area contributed by atoms with Crippen LogP contribution in [0.1, 0.15) is 45.4 Å². The van der Waals surface area contributed by atoms with Crippen molar-refractivity contribution in [3.05, 3.63) is 50.3 Å². The van der Waals surface area contributed by atoms with E-state index in [1.54, 1.807) is 12.1 Å². The molecule has 4 rings (SSSR count). The molecule has 1 aliphatic carbocycles. The average molecular weight is 341 g/mol. The van der Waals surface area contributed by atoms with Crippen molar-refractivity contribution in [2.24, 2.45) is 0 Å². The van der Waals surface area contributed by atoms with Gasteiger partial charge in [-0.3, -0.25) is 14.9 Å². The van der Waals surface area contributed by atoms with E-state index in [2.05, 4.69) is 15.5 Å². The van der Waals surface area contributed by atoms with Crippen LogP contribution in [0.4, 0.5) is 5.13 Å². The van der Waals surface area contributed by atoms with E-state index in [-0.39, 0.29) is 11.2 Å². The maximum atomic E-state index is 12.4. The minimum Gasteiger partial charge on any atom is -0.451 e. The van der Waals surface area contributed by atoms with E-state index in [1.165, 1.54) is 17.4 Å². The molecule has 0 saturated heterocycles. The van der Waals surface area contributed by atoms with Gasteiger partial charge in [0.1, 0.15) is 10.6 Å². The summed E-state index contributed by atoms with van der Waals surface area (Å²) in [5, 5.41) is 12.5. The zero-order valence-electron chi connectivity index (χ0n) is 13.3. The molecule has 0 aliphatic heterocycles. The molecule has 6 nitrogen and oxygen atoms in total. The van der Waals surface area contributed by atoms with Crippen LogP contribution in [-0.4, -0.2) is 16.1 Å². The number of anilines is 1. The molecular formula is C17H15N3O3S. The fourth-order valence-corrected chi connectivity index (χ4v) is 3.37. The number of carbonyl (C=O) groups excluding carboxylic acids is 1. The summed E-state index contributed by atoms with van der Waals surface area (Å²) in [6.45, 7) is 3.86. The summed E-state index contributed by atoms with van der Waals surface area (Å²) in [7, 11) is 0. The van der Waals surface area contributed by atoms with Crippen LogP contribution >= 0.6 is 11.3 Å². The van der Waals surface area contributed by atoms with Crippen molar-refractivity contribution in [1.29, 1.82) is 0 Å². The first-order chi connectivity index (χ1) is 11.5. The second-order valence-electron chi connectivity index (χ2n) is 6.08. The maximum Gasteiger partial charge on any atom is 0.293 e. The minimum absolute atomic E-state index is 0.0288. The first kappa shape index (κ1) is 15.0. The fourth-order valence-electron chi connectivity index (χ4n) is 2.46. The summed E-state index contributed by atoms with van der Waals surface area (Å²) in [6.07, 6.45) is 2.25. The monoisotopic (exact) mass is 341 g/mol. The largest absolute Gasteiger partial charge is 0.451 e. The van der Waals surface area contributed by atoms with Gasteiger partial charge in [0.2, 0.25) is 5.13 Å². The third-order valence-electron chi connectivity index (χ3n) is 4.15. The maximum absolute atomic E-state index is 12.4. The Kier molecular flexibility index (Phi) is 3.45. The molecule has 122 valence electrons. The second kappa shape index (κ2) is 5.52. The third kappa shape index (κ3) is 2.71. The van der Waals surface area contributed by atoms with E-state index in [9.17, 15) is 9.59 Å². The summed E-state index contributed by atoms with van der Waals surface area (Å²) in [4.78, 5) is 24.6. The smallest absolute Gasteiger partial charge is 0.293 e. The Balaban J connectivity index is 1.65. The van der Waals surface area contributed by atoms with Crippen molar-refractivity contribution in [3.63, 3.8) is 0 Å². The summed E-state index contributed by atoms with van der Waals surface area (Å²) < 4.78 is 5.62. The Morgan fingerprint density at radius 1 is 1.21 bits per heavy atom. The van der Waals surface area contributed by atoms with E-state index < -0.39 is 5.91 Å². The van der Waals surface area contributed by atoms with Gasteiger partial charge in [-0.05, 0) is 49.9 Å². The van der Waals surface area contributed by atoms with Crippen molar-refractivity contribution in [1.82, 2.24) is 10.2 Å². The number of amides is 1. The number of hydrogen-bond donors (Lipinski definition) is 1. The molecule has 1 aromatic carbocycles. The zero-order valence-corrected chi connectivity index (χ0v) is 14.1. The second-order valence-corrected chi connectivity index (χ2v) is 7.09. The molecule has 0 bridgehead atoms. The van der Waals surface area contributed by atoms with Gasteiger partial charge in [0, 0.05) is 12.0 Å². The van der Waals surface area contributed by atoms with Gasteiger partial charge in [0.05, 0.1) is 5.39 Å². The van der Waals surface area contributed by atoms with Gasteiger partial charge in [-0.15, -0.1) is 10.2 Å². The number of rotatable bonds is 3. The third-order valence-corrected chi connectivity index (χ3v) is 5.16. The molecule has 0 spiro atoms. The number of nitrogens with zero attached hydrogens (tertiary/aromatic N) is 2. The highest BCUT2D eigenvalue weighted by molar-refractivity contribution is 7.15. The Morgan fingerprint density at radius 3 is 2.71 bits per heavy atom. The molecule has 2 heterocycles. The van der Waals surface area contributed by atoms with Crippen LogP contribution in [-0.2, 0) is 0 Å². The quantitative estimate of drug-likeness (QED) is 0.789. The topological polar surface area (TPSA) is 85.1 Å². The molecule has 1 amide bonds. The van der Waals surface area contributed by atoms with E-state index in [1.807, 2.05) is 13.8 Å². The number of nitrogens with one attached hydrogen (secondary N) is 1. The van der Waals surface area contributed by atoms with E-state index in [0.29, 0.717) is 22.0 Å². The van der Waals surface area contributed by atoms with Crippen LogP contribution in [0.25, 0.3) is 11.0 Å². The number of aromatic nitrogens is 2. The Morgan fingerprint density at radius 2 is 1.96 bits per heavy atom. The first-order valence-electron chi connectivity index (χ1n) is 7.71. The van der Waals surface area contributed by atoms with Gasteiger partial charge in [-0.2, -0.15) is 0 Å². The predicted molar refractivity (Wildman–Crippen MR) is 91.8 cm³/mol. The zero-order chi connectivity index (χ0) is 16.8. The van der Waals surface area contributed by atoms with Crippen molar-refractivity contribution >= 4 is 33.3 Å². The Bertz CT molecular complexity index is 1020. The molecule has 24 heavy (non-hydrogen) atoms. The van der Waals surface area contributed by atoms with Gasteiger partial charge >= 0.3 is 0 Å². The highest BCUT2D eigenvalue weighted by atomic mass is 32.1. The SMILES string of the molecule is Cc1cc2oc(C(=O)Nc3nnc(C4CC4)s3)cc(=O)c2cc1C. The average Bonchev–Trinajstić information content (AvgIpc) is 3.29. The lowest BCUT2D eigenvalue weighted by atomic mass is 10.1. The fraction of sp³-hybridized carbons (Fsp3) is 0.294. The summed E-state index contributed by atoms with van der Waals surface area (Å²) in [5.74, 6) is -0.0392. The van der Waals surface area contributed by atoms with Gasteiger partial charge in [-0.1, -0.05) is 11.3 Å². The normalized spacial score (nSPS) is 14.1. The molecule has 7 heteroatoms. The molecule has 1 saturated carbocycles. The highest BCUT2D eigenvalue weighted by Crippen LogP contribution is 2.42. The summed E-state index contributed by atoms with van der Waals surface area (Å²) >= 11 is 1.36. The molecule has 3 aromatic rings. The van der Waals surface area contributed by atoms with Crippen molar-refractivity contribution in [2.75, 3.05) is 5.32 Å². The van der Waals surface area contributed by atoms with Crippen molar-refractivity contribution in [3.8, 4) is 0 Å². The molecule has 2 aromatic heterocycles. The predicted octanol–water partition coefficient (Wildman–Crippen LogP) is 3.39. The highest BCUT2D eigenvalue weighted by Gasteiger charge is 2.28. The van der Waals surface area contributed by atoms with Crippen LogP contribution < -0.4 is 10.7 Å². The molecule has 0 atom stereocenters. The van der Waals surface area contributed by atoms with Crippen LogP contribution in [0.2, 0.25) is 0 Å². The lowest BCUT2D eigenvalue weighted by Crippen LogP contribution is -2.15. The van der Waals surface area contributed by atoms with E-state index >= 15 is 0 Å². The molecule has 0 radical (unpaired) electrons. The van der Waals surface area contributed by atoms with Crippen LogP contribution in [0.3, 0.4) is 0 Å². The molecule has 1 N–H and O–H groups in total. The van der Waals surface area contributed by atoms with E-state index in [4.69, 9.17) is 4.42 Å². The van der Waals surface area contributed by atoms with Crippen LogP contribution in [0.15, 0.2) is 27.4 Å². The Labute approximate surface area is 141 Å². The lowest BCUT2D eigenvalue weighted by molar-refractivity contribution is 0.0997. The van der Waals surface area contributed by atoms with Gasteiger partial charge in [0.25, 0.3) is 5.91 Å². The van der Waals surface area contributed by atoms with Gasteiger partial charge < -0.3 is 4.42 Å².